The van der Waals surface area contributed by atoms with E-state index in [0.717, 1.165) is 36.5 Å². The van der Waals surface area contributed by atoms with Gasteiger partial charge in [0.1, 0.15) is 0 Å². The molecule has 4 saturated carbocycles. The lowest BCUT2D eigenvalue weighted by molar-refractivity contribution is -0.116. The highest BCUT2D eigenvalue weighted by molar-refractivity contribution is 5.21. The summed E-state index contributed by atoms with van der Waals surface area (Å²) in [5.41, 5.74) is 2.53. The third-order valence-corrected chi connectivity index (χ3v) is 8.59. The zero-order valence-corrected chi connectivity index (χ0v) is 13.9. The predicted molar refractivity (Wildman–Crippen MR) is 86.9 cm³/mol. The van der Waals surface area contributed by atoms with Crippen molar-refractivity contribution in [1.29, 1.82) is 0 Å². The lowest BCUT2D eigenvalue weighted by Gasteiger charge is -2.60. The Labute approximate surface area is 130 Å². The summed E-state index contributed by atoms with van der Waals surface area (Å²) in [6.45, 7) is 9.52. The zero-order valence-electron chi connectivity index (χ0n) is 13.9. The molecule has 4 rings (SSSR count). The maximum absolute atomic E-state index is 10.1. The van der Waals surface area contributed by atoms with Gasteiger partial charge in [-0.3, -0.25) is 0 Å². The SMILES string of the molecule is C=C1CC[C@H]2[C@@H]3CC[C@@H]4C[C@@H](O)CC[C@]4(C)[C@H]3CC[C@]12C. The van der Waals surface area contributed by atoms with Crippen molar-refractivity contribution in [2.45, 2.75) is 77.7 Å². The maximum Gasteiger partial charge on any atom is 0.0543 e. The number of aliphatic hydroxyl groups is 1. The lowest BCUT2D eigenvalue weighted by Crippen LogP contribution is -2.53. The van der Waals surface area contributed by atoms with Crippen molar-refractivity contribution in [3.05, 3.63) is 12.2 Å². The highest BCUT2D eigenvalue weighted by Crippen LogP contribution is 2.67. The van der Waals surface area contributed by atoms with Crippen LogP contribution in [-0.2, 0) is 0 Å². The van der Waals surface area contributed by atoms with Gasteiger partial charge in [-0.1, -0.05) is 26.0 Å². The molecule has 0 heterocycles. The van der Waals surface area contributed by atoms with Gasteiger partial charge >= 0.3 is 0 Å². The van der Waals surface area contributed by atoms with E-state index in [-0.39, 0.29) is 6.10 Å². The summed E-state index contributed by atoms with van der Waals surface area (Å²) in [5.74, 6) is 3.57. The van der Waals surface area contributed by atoms with Crippen LogP contribution in [0.15, 0.2) is 12.2 Å². The van der Waals surface area contributed by atoms with Crippen LogP contribution < -0.4 is 0 Å². The van der Waals surface area contributed by atoms with Crippen molar-refractivity contribution in [3.8, 4) is 0 Å². The Morgan fingerprint density at radius 2 is 1.81 bits per heavy atom. The van der Waals surface area contributed by atoms with E-state index in [4.69, 9.17) is 0 Å². The van der Waals surface area contributed by atoms with Gasteiger partial charge in [0.25, 0.3) is 0 Å². The van der Waals surface area contributed by atoms with Crippen LogP contribution in [0.5, 0.6) is 0 Å². The van der Waals surface area contributed by atoms with E-state index in [1.807, 2.05) is 0 Å². The summed E-state index contributed by atoms with van der Waals surface area (Å²) >= 11 is 0. The third kappa shape index (κ3) is 1.85. The normalized spacial score (nSPS) is 56.5. The van der Waals surface area contributed by atoms with Gasteiger partial charge in [0.05, 0.1) is 6.10 Å². The molecule has 4 aliphatic rings. The van der Waals surface area contributed by atoms with Crippen molar-refractivity contribution in [1.82, 2.24) is 0 Å². The van der Waals surface area contributed by atoms with E-state index < -0.39 is 0 Å². The van der Waals surface area contributed by atoms with Gasteiger partial charge in [0, 0.05) is 0 Å². The highest BCUT2D eigenvalue weighted by atomic mass is 16.3. The fourth-order valence-electron chi connectivity index (χ4n) is 7.14. The number of rotatable bonds is 0. The van der Waals surface area contributed by atoms with Crippen LogP contribution in [-0.4, -0.2) is 11.2 Å². The first kappa shape index (κ1) is 14.3. The first-order valence-corrected chi connectivity index (χ1v) is 9.31. The number of allylic oxidation sites excluding steroid dienone is 1. The minimum atomic E-state index is -0.0141. The topological polar surface area (TPSA) is 20.2 Å². The number of hydrogen-bond acceptors (Lipinski definition) is 1. The van der Waals surface area contributed by atoms with Crippen LogP contribution >= 0.6 is 0 Å². The second kappa shape index (κ2) is 4.60. The van der Waals surface area contributed by atoms with Gasteiger partial charge in [-0.2, -0.15) is 0 Å². The van der Waals surface area contributed by atoms with Gasteiger partial charge < -0.3 is 5.11 Å². The molecule has 1 N–H and O–H groups in total. The smallest absolute Gasteiger partial charge is 0.0543 e. The number of aliphatic hydroxyl groups excluding tert-OH is 1. The van der Waals surface area contributed by atoms with Gasteiger partial charge in [-0.25, -0.2) is 0 Å². The second-order valence-electron chi connectivity index (χ2n) is 9.18. The predicted octanol–water partition coefficient (Wildman–Crippen LogP) is 4.95. The maximum atomic E-state index is 10.1. The van der Waals surface area contributed by atoms with Crippen LogP contribution in [0.1, 0.15) is 71.6 Å². The molecule has 21 heavy (non-hydrogen) atoms. The zero-order chi connectivity index (χ0) is 14.8. The van der Waals surface area contributed by atoms with Crippen LogP contribution in [0.2, 0.25) is 0 Å². The van der Waals surface area contributed by atoms with Gasteiger partial charge in [-0.05, 0) is 92.3 Å². The molecular formula is C20H32O. The monoisotopic (exact) mass is 288 g/mol. The Morgan fingerprint density at radius 3 is 2.62 bits per heavy atom. The molecule has 0 radical (unpaired) electrons. The van der Waals surface area contributed by atoms with E-state index in [0.29, 0.717) is 10.8 Å². The van der Waals surface area contributed by atoms with E-state index in [1.54, 1.807) is 5.57 Å². The molecular weight excluding hydrogens is 256 g/mol. The minimum absolute atomic E-state index is 0.0141. The van der Waals surface area contributed by atoms with Crippen LogP contribution in [0.3, 0.4) is 0 Å². The Kier molecular flexibility index (Phi) is 3.13. The number of hydrogen-bond donors (Lipinski definition) is 1. The Hall–Kier alpha value is -0.300. The molecule has 1 heteroatoms. The Balaban J connectivity index is 1.64. The fourth-order valence-corrected chi connectivity index (χ4v) is 7.14. The van der Waals surface area contributed by atoms with Crippen molar-refractivity contribution < 1.29 is 5.11 Å². The van der Waals surface area contributed by atoms with Gasteiger partial charge in [-0.15, -0.1) is 0 Å². The van der Waals surface area contributed by atoms with Crippen LogP contribution in [0.4, 0.5) is 0 Å². The van der Waals surface area contributed by atoms with Crippen molar-refractivity contribution >= 4 is 0 Å². The molecule has 0 spiro atoms. The second-order valence-corrected chi connectivity index (χ2v) is 9.18. The quantitative estimate of drug-likeness (QED) is 0.626. The largest absolute Gasteiger partial charge is 0.393 e. The average molecular weight is 288 g/mol. The number of fused-ring (bicyclic) bond motifs is 5. The summed E-state index contributed by atoms with van der Waals surface area (Å²) in [5, 5.41) is 10.1. The molecule has 118 valence electrons. The van der Waals surface area contributed by atoms with Crippen LogP contribution in [0, 0.1) is 34.5 Å². The van der Waals surface area contributed by atoms with E-state index in [9.17, 15) is 5.11 Å². The van der Waals surface area contributed by atoms with E-state index in [2.05, 4.69) is 20.4 Å². The highest BCUT2D eigenvalue weighted by Gasteiger charge is 2.58. The van der Waals surface area contributed by atoms with Crippen molar-refractivity contribution in [2.75, 3.05) is 0 Å². The molecule has 7 atom stereocenters. The molecule has 0 aromatic rings. The summed E-state index contributed by atoms with van der Waals surface area (Å²) in [6, 6.07) is 0. The molecule has 0 unspecified atom stereocenters. The van der Waals surface area contributed by atoms with Gasteiger partial charge in [0.15, 0.2) is 0 Å². The van der Waals surface area contributed by atoms with Crippen molar-refractivity contribution in [3.63, 3.8) is 0 Å². The molecule has 0 aromatic carbocycles. The van der Waals surface area contributed by atoms with Gasteiger partial charge in [0.2, 0.25) is 0 Å². The standard InChI is InChI=1S/C20H32O/c1-13-4-7-17-16-6-5-14-12-15(21)8-10-20(14,3)18(16)9-11-19(13,17)2/h14-18,21H,1,4-12H2,2-3H3/t14-,15+,16+,17+,18+,19-,20+/m1/s1. The summed E-state index contributed by atoms with van der Waals surface area (Å²) in [6.07, 6.45) is 11.6. The Bertz CT molecular complexity index is 455. The molecule has 4 aliphatic carbocycles. The van der Waals surface area contributed by atoms with E-state index >= 15 is 0 Å². The van der Waals surface area contributed by atoms with Crippen LogP contribution in [0.25, 0.3) is 0 Å². The third-order valence-electron chi connectivity index (χ3n) is 8.59. The van der Waals surface area contributed by atoms with Crippen molar-refractivity contribution in [2.24, 2.45) is 34.5 Å². The Morgan fingerprint density at radius 1 is 1.00 bits per heavy atom. The molecule has 0 amide bonds. The lowest BCUT2D eigenvalue weighted by atomic mass is 9.45. The summed E-state index contributed by atoms with van der Waals surface area (Å²) < 4.78 is 0. The molecule has 1 nitrogen and oxygen atoms in total. The first-order valence-electron chi connectivity index (χ1n) is 9.31. The summed E-state index contributed by atoms with van der Waals surface area (Å²) in [4.78, 5) is 0. The molecule has 0 aromatic heterocycles. The minimum Gasteiger partial charge on any atom is -0.393 e. The fraction of sp³-hybridized carbons (Fsp3) is 0.900. The van der Waals surface area contributed by atoms with E-state index in [1.165, 1.54) is 44.9 Å². The molecule has 0 aliphatic heterocycles. The summed E-state index contributed by atoms with van der Waals surface area (Å²) in [7, 11) is 0. The molecule has 0 saturated heterocycles. The first-order chi connectivity index (χ1) is 9.95. The average Bonchev–Trinajstić information content (AvgIpc) is 2.76. The molecule has 0 bridgehead atoms. The molecule has 4 fully saturated rings.